The number of carbonyl (C=O) groups is 4. The predicted molar refractivity (Wildman–Crippen MR) is 230 cm³/mol. The molecule has 8 nitrogen and oxygen atoms in total. The Balaban J connectivity index is 1.48. The van der Waals surface area contributed by atoms with Crippen LogP contribution in [0.15, 0.2) is 103 Å². The second kappa shape index (κ2) is 16.1. The summed E-state index contributed by atoms with van der Waals surface area (Å²) in [5, 5.41) is 29.2. The lowest BCUT2D eigenvalue weighted by Gasteiger charge is -2.29. The summed E-state index contributed by atoms with van der Waals surface area (Å²) in [4.78, 5) is 54.1. The van der Waals surface area contributed by atoms with E-state index < -0.39 is 29.3 Å². The summed E-state index contributed by atoms with van der Waals surface area (Å²) in [5.74, 6) is -3.69. The van der Waals surface area contributed by atoms with E-state index in [1.165, 1.54) is 17.7 Å². The highest BCUT2D eigenvalue weighted by molar-refractivity contribution is 6.21. The second-order valence-electron chi connectivity index (χ2n) is 15.5. The number of hydrogen-bond donors (Lipinski definition) is 4. The number of hydrogen-bond acceptors (Lipinski definition) is 4. The fourth-order valence-electron chi connectivity index (χ4n) is 7.62. The molecule has 4 N–H and O–H groups in total. The van der Waals surface area contributed by atoms with Crippen molar-refractivity contribution in [2.24, 2.45) is 0 Å². The Bertz CT molecular complexity index is 2530. The third-order valence-electron chi connectivity index (χ3n) is 12.2. The van der Waals surface area contributed by atoms with Crippen molar-refractivity contribution in [3.8, 4) is 22.3 Å². The van der Waals surface area contributed by atoms with Gasteiger partial charge in [-0.2, -0.15) is 0 Å². The lowest BCUT2D eigenvalue weighted by molar-refractivity contribution is 0.0682. The molecule has 0 aliphatic carbocycles. The van der Waals surface area contributed by atoms with Gasteiger partial charge >= 0.3 is 11.9 Å². The van der Waals surface area contributed by atoms with Crippen LogP contribution in [-0.4, -0.2) is 39.5 Å². The average molecular weight is 763 g/mol. The van der Waals surface area contributed by atoms with E-state index in [1.54, 1.807) is 36.4 Å². The van der Waals surface area contributed by atoms with E-state index in [1.807, 2.05) is 58.0 Å². The highest BCUT2D eigenvalue weighted by Crippen LogP contribution is 2.42. The number of carboxylic acids is 2. The summed E-state index contributed by atoms with van der Waals surface area (Å²) in [7, 11) is 0. The van der Waals surface area contributed by atoms with E-state index >= 15 is 0 Å². The van der Waals surface area contributed by atoms with Gasteiger partial charge in [0.05, 0.1) is 22.3 Å². The van der Waals surface area contributed by atoms with E-state index in [-0.39, 0.29) is 27.7 Å². The first-order valence-corrected chi connectivity index (χ1v) is 19.6. The Morgan fingerprint density at radius 3 is 1.72 bits per heavy atom. The number of fused-ring (bicyclic) bond motifs is 2. The van der Waals surface area contributed by atoms with Gasteiger partial charge in [-0.15, -0.1) is 0 Å². The molecule has 0 bridgehead atoms. The SMILES string of the molecule is CCC(C)(CC)NC(=O)c1c(C(=O)O)cc2ccccc2c1-c1c(C)ccc2cc(C(=O)O)c(C(=O)Nc3ccc(-c4ccc(C(C)(CC)CC)cc4)cc3)cc12. The van der Waals surface area contributed by atoms with Crippen molar-refractivity contribution in [1.29, 1.82) is 0 Å². The number of amides is 2. The number of carbonyl (C=O) groups excluding carboxylic acids is 2. The smallest absolute Gasteiger partial charge is 0.336 e. The van der Waals surface area contributed by atoms with Gasteiger partial charge in [-0.3, -0.25) is 9.59 Å². The Hall–Kier alpha value is -6.28. The number of anilines is 1. The van der Waals surface area contributed by atoms with E-state index in [0.717, 1.165) is 24.0 Å². The van der Waals surface area contributed by atoms with Gasteiger partial charge in [-0.1, -0.05) is 107 Å². The maximum absolute atomic E-state index is 14.4. The predicted octanol–water partition coefficient (Wildman–Crippen LogP) is 11.7. The zero-order valence-electron chi connectivity index (χ0n) is 33.7. The summed E-state index contributed by atoms with van der Waals surface area (Å²) in [6, 6.07) is 31.3. The molecule has 0 saturated carbocycles. The zero-order chi connectivity index (χ0) is 41.2. The Labute approximate surface area is 334 Å². The van der Waals surface area contributed by atoms with Crippen molar-refractivity contribution < 1.29 is 29.4 Å². The fraction of sp³-hybridized carbons (Fsp3) is 0.265. The molecule has 0 radical (unpaired) electrons. The van der Waals surface area contributed by atoms with Crippen molar-refractivity contribution in [3.05, 3.63) is 137 Å². The molecule has 0 fully saturated rings. The summed E-state index contributed by atoms with van der Waals surface area (Å²) < 4.78 is 0. The summed E-state index contributed by atoms with van der Waals surface area (Å²) in [6.07, 6.45) is 3.34. The molecule has 8 heteroatoms. The molecule has 0 heterocycles. The zero-order valence-corrected chi connectivity index (χ0v) is 33.7. The molecule has 0 unspecified atom stereocenters. The standard InChI is InChI=1S/C49H50N2O6/c1-8-48(6,9-2)34-22-18-30(19-23-34)31-20-24-35(25-21-31)50-44(52)38-28-37-33(26-39(38)46(54)55)17-16-29(5)41(37)42-36-15-13-12-14-32(36)27-40(47(56)57)43(42)45(53)51-49(7,10-3)11-4/h12-28H,8-11H2,1-7H3,(H,50,52)(H,51,53)(H,54,55)(H,56,57). The van der Waals surface area contributed by atoms with E-state index in [9.17, 15) is 29.4 Å². The second-order valence-corrected chi connectivity index (χ2v) is 15.5. The molecule has 0 atom stereocenters. The number of rotatable bonds is 13. The van der Waals surface area contributed by atoms with Gasteiger partial charge in [0, 0.05) is 16.8 Å². The van der Waals surface area contributed by atoms with Crippen LogP contribution in [0.4, 0.5) is 5.69 Å². The average Bonchev–Trinajstić information content (AvgIpc) is 3.22. The van der Waals surface area contributed by atoms with E-state index in [2.05, 4.69) is 55.7 Å². The normalized spacial score (nSPS) is 11.8. The van der Waals surface area contributed by atoms with Crippen LogP contribution in [0.2, 0.25) is 0 Å². The van der Waals surface area contributed by atoms with Crippen LogP contribution in [0.3, 0.4) is 0 Å². The summed E-state index contributed by atoms with van der Waals surface area (Å²) in [5.41, 5.74) is 4.52. The summed E-state index contributed by atoms with van der Waals surface area (Å²) >= 11 is 0. The van der Waals surface area contributed by atoms with Gasteiger partial charge in [0.1, 0.15) is 0 Å². The minimum Gasteiger partial charge on any atom is -0.478 e. The molecule has 6 aromatic carbocycles. The Kier molecular flexibility index (Phi) is 11.4. The topological polar surface area (TPSA) is 133 Å². The van der Waals surface area contributed by atoms with Crippen LogP contribution in [-0.2, 0) is 5.41 Å². The lowest BCUT2D eigenvalue weighted by atomic mass is 9.77. The number of benzene rings is 6. The first-order chi connectivity index (χ1) is 27.2. The molecule has 0 spiro atoms. The van der Waals surface area contributed by atoms with E-state index in [4.69, 9.17) is 0 Å². The first kappa shape index (κ1) is 40.4. The van der Waals surface area contributed by atoms with Gasteiger partial charge in [-0.05, 0) is 125 Å². The third-order valence-corrected chi connectivity index (χ3v) is 12.2. The van der Waals surface area contributed by atoms with Gasteiger partial charge in [-0.25, -0.2) is 9.59 Å². The van der Waals surface area contributed by atoms with Gasteiger partial charge in [0.25, 0.3) is 11.8 Å². The molecular weight excluding hydrogens is 713 g/mol. The number of aryl methyl sites for hydroxylation is 1. The Morgan fingerprint density at radius 1 is 0.579 bits per heavy atom. The molecule has 2 amide bonds. The molecular formula is C49H50N2O6. The van der Waals surface area contributed by atoms with Gasteiger partial charge in [0.15, 0.2) is 0 Å². The molecule has 0 aromatic heterocycles. The lowest BCUT2D eigenvalue weighted by Crippen LogP contribution is -2.45. The minimum absolute atomic E-state index is 0.00212. The maximum atomic E-state index is 14.4. The maximum Gasteiger partial charge on any atom is 0.336 e. The van der Waals surface area contributed by atoms with Gasteiger partial charge in [0.2, 0.25) is 0 Å². The highest BCUT2D eigenvalue weighted by Gasteiger charge is 2.31. The molecule has 57 heavy (non-hydrogen) atoms. The number of carboxylic acid groups (broad SMARTS) is 2. The molecule has 6 aromatic rings. The van der Waals surface area contributed by atoms with Crippen molar-refractivity contribution in [2.75, 3.05) is 5.32 Å². The van der Waals surface area contributed by atoms with Crippen molar-refractivity contribution >= 4 is 51.0 Å². The van der Waals surface area contributed by atoms with Crippen molar-refractivity contribution in [3.63, 3.8) is 0 Å². The largest absolute Gasteiger partial charge is 0.478 e. The van der Waals surface area contributed by atoms with Crippen LogP contribution < -0.4 is 10.6 Å². The molecule has 0 saturated heterocycles. The molecule has 0 aliphatic heterocycles. The van der Waals surface area contributed by atoms with Crippen LogP contribution in [0.5, 0.6) is 0 Å². The van der Waals surface area contributed by atoms with Crippen LogP contribution in [0.25, 0.3) is 43.8 Å². The minimum atomic E-state index is -1.28. The first-order valence-electron chi connectivity index (χ1n) is 19.6. The monoisotopic (exact) mass is 762 g/mol. The third kappa shape index (κ3) is 7.77. The van der Waals surface area contributed by atoms with Crippen LogP contribution in [0, 0.1) is 6.92 Å². The fourth-order valence-corrected chi connectivity index (χ4v) is 7.62. The quantitative estimate of drug-likeness (QED) is 0.0926. The highest BCUT2D eigenvalue weighted by atomic mass is 16.4. The number of aromatic carboxylic acids is 2. The van der Waals surface area contributed by atoms with E-state index in [0.29, 0.717) is 56.8 Å². The van der Waals surface area contributed by atoms with Gasteiger partial charge < -0.3 is 20.8 Å². The van der Waals surface area contributed by atoms with Crippen LogP contribution >= 0.6 is 0 Å². The molecule has 0 aliphatic rings. The summed E-state index contributed by atoms with van der Waals surface area (Å²) in [6.45, 7) is 14.4. The molecule has 6 rings (SSSR count). The van der Waals surface area contributed by atoms with Crippen molar-refractivity contribution in [2.45, 2.75) is 85.1 Å². The van der Waals surface area contributed by atoms with Crippen LogP contribution in [0.1, 0.15) is 120 Å². The Morgan fingerprint density at radius 2 is 1.14 bits per heavy atom. The number of nitrogens with one attached hydrogen (secondary N) is 2. The van der Waals surface area contributed by atoms with Crippen molar-refractivity contribution in [1.82, 2.24) is 5.32 Å². The molecule has 292 valence electrons.